The molecule has 0 bridgehead atoms. The Morgan fingerprint density at radius 3 is 2.43 bits per heavy atom. The zero-order valence-electron chi connectivity index (χ0n) is 14.3. The zero-order chi connectivity index (χ0) is 16.8. The second-order valence-corrected chi connectivity index (χ2v) is 6.03. The quantitative estimate of drug-likeness (QED) is 0.840. The Hall–Kier alpha value is -2.29. The highest BCUT2D eigenvalue weighted by molar-refractivity contribution is 5.93. The van der Waals surface area contributed by atoms with E-state index in [1.807, 2.05) is 43.3 Å². The third-order valence-electron chi connectivity index (χ3n) is 3.89. The summed E-state index contributed by atoms with van der Waals surface area (Å²) in [5, 5.41) is 2.99. The number of hydrogen-bond acceptors (Lipinski definition) is 2. The third-order valence-corrected chi connectivity index (χ3v) is 3.89. The van der Waals surface area contributed by atoms with Crippen LogP contribution in [0.15, 0.2) is 42.5 Å². The number of nitrogens with one attached hydrogen (secondary N) is 1. The maximum atomic E-state index is 12.2. The number of para-hydroxylation sites is 1. The first-order valence-corrected chi connectivity index (χ1v) is 8.12. The van der Waals surface area contributed by atoms with Crippen LogP contribution < -0.4 is 10.1 Å². The van der Waals surface area contributed by atoms with E-state index in [-0.39, 0.29) is 12.5 Å². The molecular formula is C20H25NO2. The van der Waals surface area contributed by atoms with Crippen LogP contribution in [0.1, 0.15) is 43.4 Å². The van der Waals surface area contributed by atoms with Crippen molar-refractivity contribution in [2.45, 2.75) is 40.0 Å². The van der Waals surface area contributed by atoms with Gasteiger partial charge < -0.3 is 10.1 Å². The number of amides is 1. The van der Waals surface area contributed by atoms with E-state index >= 15 is 0 Å². The van der Waals surface area contributed by atoms with Gasteiger partial charge in [0, 0.05) is 5.69 Å². The van der Waals surface area contributed by atoms with Crippen LogP contribution in [0.4, 0.5) is 5.69 Å². The molecule has 0 heterocycles. The number of hydrogen-bond donors (Lipinski definition) is 1. The summed E-state index contributed by atoms with van der Waals surface area (Å²) in [6.45, 7) is 8.37. The average molecular weight is 311 g/mol. The van der Waals surface area contributed by atoms with Crippen LogP contribution in [-0.4, -0.2) is 12.5 Å². The van der Waals surface area contributed by atoms with E-state index in [9.17, 15) is 4.79 Å². The Kier molecular flexibility index (Phi) is 5.80. The van der Waals surface area contributed by atoms with Gasteiger partial charge in [0.1, 0.15) is 5.75 Å². The van der Waals surface area contributed by atoms with E-state index < -0.39 is 0 Å². The number of carbonyl (C=O) groups excluding carboxylic acids is 1. The van der Waals surface area contributed by atoms with Crippen molar-refractivity contribution in [2.24, 2.45) is 0 Å². The number of ether oxygens (including phenoxy) is 1. The van der Waals surface area contributed by atoms with Gasteiger partial charge in [-0.3, -0.25) is 4.79 Å². The molecule has 1 amide bonds. The third kappa shape index (κ3) is 4.59. The molecule has 3 nitrogen and oxygen atoms in total. The van der Waals surface area contributed by atoms with Crippen molar-refractivity contribution in [2.75, 3.05) is 11.9 Å². The van der Waals surface area contributed by atoms with E-state index in [0.29, 0.717) is 11.7 Å². The fourth-order valence-electron chi connectivity index (χ4n) is 2.49. The van der Waals surface area contributed by atoms with Crippen LogP contribution in [0, 0.1) is 6.92 Å². The van der Waals surface area contributed by atoms with Crippen molar-refractivity contribution in [1.82, 2.24) is 0 Å². The summed E-state index contributed by atoms with van der Waals surface area (Å²) in [5.74, 6) is 0.930. The van der Waals surface area contributed by atoms with Gasteiger partial charge >= 0.3 is 0 Å². The lowest BCUT2D eigenvalue weighted by molar-refractivity contribution is -0.118. The molecule has 23 heavy (non-hydrogen) atoms. The van der Waals surface area contributed by atoms with Crippen molar-refractivity contribution >= 4 is 11.6 Å². The first kappa shape index (κ1) is 17.1. The van der Waals surface area contributed by atoms with Gasteiger partial charge in [-0.2, -0.15) is 0 Å². The van der Waals surface area contributed by atoms with Crippen LogP contribution in [0.3, 0.4) is 0 Å². The number of anilines is 1. The van der Waals surface area contributed by atoms with Crippen LogP contribution >= 0.6 is 0 Å². The van der Waals surface area contributed by atoms with E-state index in [1.165, 1.54) is 5.56 Å². The molecular weight excluding hydrogens is 286 g/mol. The van der Waals surface area contributed by atoms with Crippen molar-refractivity contribution in [3.8, 4) is 5.75 Å². The molecule has 0 unspecified atom stereocenters. The highest BCUT2D eigenvalue weighted by Crippen LogP contribution is 2.27. The Morgan fingerprint density at radius 2 is 1.83 bits per heavy atom. The lowest BCUT2D eigenvalue weighted by Crippen LogP contribution is -2.21. The van der Waals surface area contributed by atoms with Crippen LogP contribution in [0.5, 0.6) is 5.75 Å². The fourth-order valence-corrected chi connectivity index (χ4v) is 2.49. The summed E-state index contributed by atoms with van der Waals surface area (Å²) >= 11 is 0. The number of benzene rings is 2. The molecule has 122 valence electrons. The molecule has 0 radical (unpaired) electrons. The van der Waals surface area contributed by atoms with Gasteiger partial charge in [-0.1, -0.05) is 51.1 Å². The molecule has 0 aliphatic carbocycles. The average Bonchev–Trinajstić information content (AvgIpc) is 2.55. The molecule has 2 aromatic rings. The van der Waals surface area contributed by atoms with Crippen LogP contribution in [-0.2, 0) is 11.2 Å². The number of carbonyl (C=O) groups is 1. The lowest BCUT2D eigenvalue weighted by Gasteiger charge is -2.16. The molecule has 0 saturated carbocycles. The molecule has 0 aliphatic rings. The van der Waals surface area contributed by atoms with Crippen molar-refractivity contribution < 1.29 is 9.53 Å². The van der Waals surface area contributed by atoms with Crippen molar-refractivity contribution in [3.05, 3.63) is 59.2 Å². The minimum Gasteiger partial charge on any atom is -0.484 e. The Bertz CT molecular complexity index is 660. The summed E-state index contributed by atoms with van der Waals surface area (Å²) < 4.78 is 5.57. The highest BCUT2D eigenvalue weighted by atomic mass is 16.5. The van der Waals surface area contributed by atoms with Gasteiger partial charge in [-0.15, -0.1) is 0 Å². The molecule has 2 aromatic carbocycles. The van der Waals surface area contributed by atoms with E-state index in [4.69, 9.17) is 4.74 Å². The number of aryl methyl sites for hydroxylation is 2. The van der Waals surface area contributed by atoms with Gasteiger partial charge in [0.05, 0.1) is 0 Å². The predicted molar refractivity (Wildman–Crippen MR) is 95.2 cm³/mol. The molecule has 0 aliphatic heterocycles. The minimum absolute atomic E-state index is 0.0113. The van der Waals surface area contributed by atoms with Gasteiger partial charge in [0.25, 0.3) is 5.91 Å². The maximum Gasteiger partial charge on any atom is 0.262 e. The van der Waals surface area contributed by atoms with E-state index in [1.54, 1.807) is 0 Å². The smallest absolute Gasteiger partial charge is 0.262 e. The van der Waals surface area contributed by atoms with Gasteiger partial charge in [-0.25, -0.2) is 0 Å². The molecule has 1 N–H and O–H groups in total. The molecule has 0 fully saturated rings. The zero-order valence-corrected chi connectivity index (χ0v) is 14.3. The Labute approximate surface area is 138 Å². The molecule has 2 rings (SSSR count). The maximum absolute atomic E-state index is 12.2. The summed E-state index contributed by atoms with van der Waals surface area (Å²) in [5.41, 5.74) is 4.36. The van der Waals surface area contributed by atoms with Crippen molar-refractivity contribution in [3.63, 3.8) is 0 Å². The normalized spacial score (nSPS) is 10.7. The summed E-state index contributed by atoms with van der Waals surface area (Å²) in [4.78, 5) is 12.2. The highest BCUT2D eigenvalue weighted by Gasteiger charge is 2.12. The topological polar surface area (TPSA) is 38.3 Å². The summed E-state index contributed by atoms with van der Waals surface area (Å²) in [7, 11) is 0. The van der Waals surface area contributed by atoms with Crippen LogP contribution in [0.2, 0.25) is 0 Å². The second-order valence-electron chi connectivity index (χ2n) is 6.03. The monoisotopic (exact) mass is 311 g/mol. The Balaban J connectivity index is 1.99. The Morgan fingerprint density at radius 1 is 1.13 bits per heavy atom. The van der Waals surface area contributed by atoms with Gasteiger partial charge in [-0.05, 0) is 48.1 Å². The van der Waals surface area contributed by atoms with Gasteiger partial charge in [0.15, 0.2) is 6.61 Å². The second kappa shape index (κ2) is 7.82. The van der Waals surface area contributed by atoms with E-state index in [2.05, 4.69) is 32.2 Å². The fraction of sp³-hybridized carbons (Fsp3) is 0.350. The molecule has 0 spiro atoms. The molecule has 0 aromatic heterocycles. The standard InChI is InChI=1S/C20H25NO2/c1-5-16-9-11-17(12-10-16)23-13-19(22)21-20-15(4)7-6-8-18(20)14(2)3/h6-12,14H,5,13H2,1-4H3,(H,21,22). The largest absolute Gasteiger partial charge is 0.484 e. The first-order chi connectivity index (χ1) is 11.0. The van der Waals surface area contributed by atoms with Gasteiger partial charge in [0.2, 0.25) is 0 Å². The number of rotatable bonds is 6. The van der Waals surface area contributed by atoms with Crippen LogP contribution in [0.25, 0.3) is 0 Å². The summed E-state index contributed by atoms with van der Waals surface area (Å²) in [6, 6.07) is 13.9. The summed E-state index contributed by atoms with van der Waals surface area (Å²) in [6.07, 6.45) is 0.992. The van der Waals surface area contributed by atoms with E-state index in [0.717, 1.165) is 23.2 Å². The molecule has 3 heteroatoms. The first-order valence-electron chi connectivity index (χ1n) is 8.12. The molecule has 0 saturated heterocycles. The minimum atomic E-state index is -0.138. The van der Waals surface area contributed by atoms with Crippen molar-refractivity contribution in [1.29, 1.82) is 0 Å². The lowest BCUT2D eigenvalue weighted by atomic mass is 9.98. The predicted octanol–water partition coefficient (Wildman–Crippen LogP) is 4.70. The SMILES string of the molecule is CCc1ccc(OCC(=O)Nc2c(C)cccc2C(C)C)cc1. The molecule has 0 atom stereocenters.